The van der Waals surface area contributed by atoms with Gasteiger partial charge in [0.05, 0.1) is 41.0 Å². The standard InChI is InChI=1S/C33H36N4O4/c1-8-20-16(3)23-12-24-18(5)22(10-11-31(38)39)29(36-24)15-30-32(33(40)41-7)19(6)26(37-30)14-28-21(9-2)17(4)25(35-28)13-27(20)34-23/h12-15,34,37H,8-11H2,1-7H3,(H,38,39). The van der Waals surface area contributed by atoms with Crippen LogP contribution >= 0.6 is 0 Å². The van der Waals surface area contributed by atoms with Gasteiger partial charge in [-0.05, 0) is 110 Å². The number of H-pyrrole nitrogens is 2. The summed E-state index contributed by atoms with van der Waals surface area (Å²) in [6.07, 6.45) is 1.97. The molecule has 0 saturated heterocycles. The lowest BCUT2D eigenvalue weighted by atomic mass is 10.0. The molecule has 0 spiro atoms. The number of aromatic amines is 2. The molecular weight excluding hydrogens is 516 g/mol. The lowest BCUT2D eigenvalue weighted by molar-refractivity contribution is -0.136. The van der Waals surface area contributed by atoms with Crippen LogP contribution in [-0.4, -0.2) is 44.1 Å². The van der Waals surface area contributed by atoms with Crippen molar-refractivity contribution in [3.05, 3.63) is 69.3 Å². The maximum absolute atomic E-state index is 13.0. The number of esters is 1. The number of ether oxygens (including phenoxy) is 1. The Morgan fingerprint density at radius 3 is 1.90 bits per heavy atom. The lowest BCUT2D eigenvalue weighted by Gasteiger charge is -2.03. The Morgan fingerprint density at radius 2 is 1.29 bits per heavy atom. The van der Waals surface area contributed by atoms with E-state index in [-0.39, 0.29) is 6.42 Å². The topological polar surface area (TPSA) is 121 Å². The lowest BCUT2D eigenvalue weighted by Crippen LogP contribution is -2.02. The van der Waals surface area contributed by atoms with E-state index >= 15 is 0 Å². The van der Waals surface area contributed by atoms with Gasteiger partial charge in [-0.3, -0.25) is 4.79 Å². The summed E-state index contributed by atoms with van der Waals surface area (Å²) >= 11 is 0. The van der Waals surface area contributed by atoms with Crippen molar-refractivity contribution in [3.63, 3.8) is 0 Å². The predicted octanol–water partition coefficient (Wildman–Crippen LogP) is 7.42. The molecule has 0 radical (unpaired) electrons. The van der Waals surface area contributed by atoms with E-state index in [9.17, 15) is 14.7 Å². The zero-order chi connectivity index (χ0) is 29.6. The summed E-state index contributed by atoms with van der Waals surface area (Å²) in [5, 5.41) is 9.44. The first kappa shape index (κ1) is 28.1. The molecule has 5 heterocycles. The van der Waals surface area contributed by atoms with E-state index in [4.69, 9.17) is 14.7 Å². The molecule has 41 heavy (non-hydrogen) atoms. The molecule has 2 aliphatic heterocycles. The molecule has 5 rings (SSSR count). The van der Waals surface area contributed by atoms with Gasteiger partial charge in [-0.15, -0.1) is 0 Å². The Balaban J connectivity index is 1.97. The van der Waals surface area contributed by atoms with Crippen molar-refractivity contribution in [2.45, 2.75) is 67.2 Å². The number of methoxy groups -OCH3 is 1. The minimum absolute atomic E-state index is 0.0238. The molecule has 212 valence electrons. The van der Waals surface area contributed by atoms with E-state index < -0.39 is 11.9 Å². The number of allylic oxidation sites excluding steroid dienone is 4. The Bertz CT molecular complexity index is 1840. The SMILES string of the molecule is CCC1=C(C)c2cc3[nH]c(cc4nc(cc5[nH]c(cc1n2)c(C)c5C(=O)OC)C(CCC(=O)O)=C4C)c(C)c3CC. The zero-order valence-electron chi connectivity index (χ0n) is 24.7. The highest BCUT2D eigenvalue weighted by Crippen LogP contribution is 2.36. The monoisotopic (exact) mass is 552 g/mol. The molecule has 0 saturated carbocycles. The maximum atomic E-state index is 13.0. The first-order valence-corrected chi connectivity index (χ1v) is 14.0. The van der Waals surface area contributed by atoms with Crippen LogP contribution in [0.15, 0.2) is 24.3 Å². The van der Waals surface area contributed by atoms with Crippen LogP contribution in [-0.2, 0) is 16.0 Å². The normalized spacial score (nSPS) is 13.2. The van der Waals surface area contributed by atoms with Gasteiger partial charge < -0.3 is 19.8 Å². The van der Waals surface area contributed by atoms with Crippen LogP contribution in [0.2, 0.25) is 0 Å². The van der Waals surface area contributed by atoms with Gasteiger partial charge >= 0.3 is 11.9 Å². The highest BCUT2D eigenvalue weighted by molar-refractivity contribution is 6.03. The van der Waals surface area contributed by atoms with Gasteiger partial charge in [0.1, 0.15) is 0 Å². The number of carbonyl (C=O) groups is 2. The number of nitrogens with one attached hydrogen (secondary N) is 2. The van der Waals surface area contributed by atoms with E-state index in [0.717, 1.165) is 79.9 Å². The van der Waals surface area contributed by atoms with Crippen molar-refractivity contribution in [2.75, 3.05) is 7.11 Å². The van der Waals surface area contributed by atoms with E-state index in [1.807, 2.05) is 32.0 Å². The van der Waals surface area contributed by atoms with E-state index in [0.29, 0.717) is 23.2 Å². The average molecular weight is 553 g/mol. The van der Waals surface area contributed by atoms with Gasteiger partial charge in [-0.1, -0.05) is 13.8 Å². The van der Waals surface area contributed by atoms with Crippen LogP contribution in [0.25, 0.3) is 44.4 Å². The van der Waals surface area contributed by atoms with Crippen molar-refractivity contribution < 1.29 is 19.4 Å². The van der Waals surface area contributed by atoms with Crippen LogP contribution in [0.3, 0.4) is 0 Å². The minimum atomic E-state index is -0.875. The van der Waals surface area contributed by atoms with Crippen molar-refractivity contribution in [1.82, 2.24) is 19.9 Å². The molecular formula is C33H36N4O4. The van der Waals surface area contributed by atoms with Crippen LogP contribution in [0.4, 0.5) is 0 Å². The molecule has 0 unspecified atom stereocenters. The van der Waals surface area contributed by atoms with Gasteiger partial charge in [0.25, 0.3) is 0 Å². The molecule has 0 fully saturated rings. The van der Waals surface area contributed by atoms with Crippen LogP contribution < -0.4 is 0 Å². The summed E-state index contributed by atoms with van der Waals surface area (Å²) in [5.74, 6) is -1.33. The van der Waals surface area contributed by atoms with Gasteiger partial charge in [0, 0.05) is 23.0 Å². The second-order valence-corrected chi connectivity index (χ2v) is 10.6. The van der Waals surface area contributed by atoms with Gasteiger partial charge in [0.2, 0.25) is 0 Å². The number of fused-ring (bicyclic) bond motifs is 8. The van der Waals surface area contributed by atoms with Crippen molar-refractivity contribution in [1.29, 1.82) is 0 Å². The van der Waals surface area contributed by atoms with E-state index in [1.165, 1.54) is 12.7 Å². The highest BCUT2D eigenvalue weighted by atomic mass is 16.5. The number of carboxylic acid groups (broad SMARTS) is 1. The Kier molecular flexibility index (Phi) is 7.43. The van der Waals surface area contributed by atoms with Gasteiger partial charge in [0.15, 0.2) is 0 Å². The van der Waals surface area contributed by atoms with Crippen molar-refractivity contribution in [2.24, 2.45) is 0 Å². The summed E-state index contributed by atoms with van der Waals surface area (Å²) in [6.45, 7) is 12.3. The molecule has 2 aliphatic rings. The molecule has 8 nitrogen and oxygen atoms in total. The largest absolute Gasteiger partial charge is 0.481 e. The molecule has 3 aromatic heterocycles. The summed E-state index contributed by atoms with van der Waals surface area (Å²) < 4.78 is 5.16. The molecule has 8 heteroatoms. The van der Waals surface area contributed by atoms with Crippen LogP contribution in [0.5, 0.6) is 0 Å². The summed E-state index contributed by atoms with van der Waals surface area (Å²) in [6, 6.07) is 7.98. The van der Waals surface area contributed by atoms with Gasteiger partial charge in [-0.2, -0.15) is 0 Å². The zero-order valence-corrected chi connectivity index (χ0v) is 24.7. The molecule has 3 aromatic rings. The summed E-state index contributed by atoms with van der Waals surface area (Å²) in [7, 11) is 1.37. The minimum Gasteiger partial charge on any atom is -0.481 e. The number of aromatic nitrogens is 4. The first-order chi connectivity index (χ1) is 19.6. The molecule has 3 N–H and O–H groups in total. The average Bonchev–Trinajstić information content (AvgIpc) is 3.60. The molecule has 0 amide bonds. The number of aryl methyl sites for hydroxylation is 3. The third-order valence-corrected chi connectivity index (χ3v) is 8.35. The Labute approximate surface area is 239 Å². The van der Waals surface area contributed by atoms with Crippen molar-refractivity contribution in [3.8, 4) is 0 Å². The molecule has 0 aromatic carbocycles. The fraction of sp³-hybridized carbons (Fsp3) is 0.333. The Morgan fingerprint density at radius 1 is 0.756 bits per heavy atom. The van der Waals surface area contributed by atoms with Crippen molar-refractivity contribution >= 4 is 56.3 Å². The number of rotatable bonds is 6. The summed E-state index contributed by atoms with van der Waals surface area (Å²) in [5.41, 5.74) is 14.0. The first-order valence-electron chi connectivity index (χ1n) is 14.0. The number of nitrogens with zero attached hydrogens (tertiary/aromatic N) is 2. The number of aliphatic carboxylic acids is 1. The predicted molar refractivity (Wildman–Crippen MR) is 163 cm³/mol. The Hall–Kier alpha value is -4.46. The molecule has 8 bridgehead atoms. The van der Waals surface area contributed by atoms with Gasteiger partial charge in [-0.25, -0.2) is 14.8 Å². The number of carboxylic acids is 1. The maximum Gasteiger partial charge on any atom is 0.340 e. The fourth-order valence-corrected chi connectivity index (χ4v) is 5.97. The smallest absolute Gasteiger partial charge is 0.340 e. The number of carbonyl (C=O) groups excluding carboxylic acids is 1. The second-order valence-electron chi connectivity index (χ2n) is 10.6. The van der Waals surface area contributed by atoms with Crippen LogP contribution in [0.1, 0.15) is 96.8 Å². The summed E-state index contributed by atoms with van der Waals surface area (Å²) in [4.78, 5) is 41.5. The second kappa shape index (κ2) is 10.8. The van der Waals surface area contributed by atoms with E-state index in [1.54, 1.807) is 0 Å². The number of hydrogen-bond donors (Lipinski definition) is 3. The van der Waals surface area contributed by atoms with E-state index in [2.05, 4.69) is 43.7 Å². The van der Waals surface area contributed by atoms with Crippen LogP contribution in [0, 0.1) is 13.8 Å². The third-order valence-electron chi connectivity index (χ3n) is 8.35. The molecule has 0 atom stereocenters. The number of hydrogen-bond acceptors (Lipinski definition) is 5. The third kappa shape index (κ3) is 4.88. The molecule has 0 aliphatic carbocycles. The quantitative estimate of drug-likeness (QED) is 0.274. The fourth-order valence-electron chi connectivity index (χ4n) is 5.97. The highest BCUT2D eigenvalue weighted by Gasteiger charge is 2.22.